The minimum atomic E-state index is -1.04. The summed E-state index contributed by atoms with van der Waals surface area (Å²) in [5.74, 6) is 0.743. The Balaban J connectivity index is 2.12. The highest BCUT2D eigenvalue weighted by atomic mass is 16.6. The van der Waals surface area contributed by atoms with Gasteiger partial charge in [0.05, 0.1) is 13.7 Å². The van der Waals surface area contributed by atoms with Gasteiger partial charge < -0.3 is 19.5 Å². The maximum atomic E-state index is 12.2. The molecule has 1 saturated heterocycles. The monoisotopic (exact) mass is 307 g/mol. The molecule has 1 aromatic carbocycles. The number of hydrogen-bond donors (Lipinski definition) is 1. The van der Waals surface area contributed by atoms with E-state index >= 15 is 0 Å². The second-order valence-electron chi connectivity index (χ2n) is 6.77. The average molecular weight is 307 g/mol. The van der Waals surface area contributed by atoms with Gasteiger partial charge in [0.2, 0.25) is 0 Å². The SMILES string of the molecule is COc1ccc([C@@]2(O)CCCN(C(=O)OC(C)(C)C)C2)cc1. The molecule has 1 N–H and O–H groups in total. The maximum Gasteiger partial charge on any atom is 0.410 e. The van der Waals surface area contributed by atoms with Crippen LogP contribution in [0.1, 0.15) is 39.2 Å². The van der Waals surface area contributed by atoms with E-state index < -0.39 is 11.2 Å². The van der Waals surface area contributed by atoms with Crippen molar-refractivity contribution in [1.29, 1.82) is 0 Å². The topological polar surface area (TPSA) is 59.0 Å². The number of carbonyl (C=O) groups excluding carboxylic acids is 1. The first-order chi connectivity index (χ1) is 10.2. The highest BCUT2D eigenvalue weighted by Gasteiger charge is 2.38. The zero-order valence-electron chi connectivity index (χ0n) is 13.8. The lowest BCUT2D eigenvalue weighted by molar-refractivity contribution is -0.0465. The number of rotatable bonds is 2. The van der Waals surface area contributed by atoms with E-state index in [-0.39, 0.29) is 12.6 Å². The second-order valence-corrected chi connectivity index (χ2v) is 6.77. The summed E-state index contributed by atoms with van der Waals surface area (Å²) in [4.78, 5) is 13.8. The van der Waals surface area contributed by atoms with Gasteiger partial charge in [0.25, 0.3) is 0 Å². The maximum absolute atomic E-state index is 12.2. The van der Waals surface area contributed by atoms with Crippen LogP contribution in [-0.2, 0) is 10.3 Å². The van der Waals surface area contributed by atoms with Gasteiger partial charge in [-0.15, -0.1) is 0 Å². The van der Waals surface area contributed by atoms with Gasteiger partial charge >= 0.3 is 6.09 Å². The summed E-state index contributed by atoms with van der Waals surface area (Å²) in [5.41, 5.74) is -0.782. The number of amides is 1. The first-order valence-electron chi connectivity index (χ1n) is 7.58. The van der Waals surface area contributed by atoms with Crippen molar-refractivity contribution in [2.75, 3.05) is 20.2 Å². The van der Waals surface area contributed by atoms with E-state index in [1.807, 2.05) is 45.0 Å². The lowest BCUT2D eigenvalue weighted by Gasteiger charge is -2.40. The summed E-state index contributed by atoms with van der Waals surface area (Å²) >= 11 is 0. The number of piperidine rings is 1. The van der Waals surface area contributed by atoms with Gasteiger partial charge in [-0.1, -0.05) is 12.1 Å². The van der Waals surface area contributed by atoms with E-state index in [1.54, 1.807) is 12.0 Å². The molecule has 0 bridgehead atoms. The number of likely N-dealkylation sites (tertiary alicyclic amines) is 1. The van der Waals surface area contributed by atoms with Crippen molar-refractivity contribution >= 4 is 6.09 Å². The van der Waals surface area contributed by atoms with Crippen LogP contribution < -0.4 is 4.74 Å². The molecule has 0 aliphatic carbocycles. The Bertz CT molecular complexity index is 520. The molecule has 1 heterocycles. The first kappa shape index (κ1) is 16.6. The molecule has 5 heteroatoms. The minimum Gasteiger partial charge on any atom is -0.497 e. The van der Waals surface area contributed by atoms with Gasteiger partial charge in [0, 0.05) is 6.54 Å². The summed E-state index contributed by atoms with van der Waals surface area (Å²) in [5, 5.41) is 10.9. The third-order valence-electron chi connectivity index (χ3n) is 3.75. The van der Waals surface area contributed by atoms with Crippen LogP contribution in [0.2, 0.25) is 0 Å². The molecule has 0 radical (unpaired) electrons. The highest BCUT2D eigenvalue weighted by molar-refractivity contribution is 5.68. The van der Waals surface area contributed by atoms with Gasteiger partial charge in [-0.25, -0.2) is 4.79 Å². The smallest absolute Gasteiger partial charge is 0.410 e. The predicted octanol–water partition coefficient (Wildman–Crippen LogP) is 2.91. The average Bonchev–Trinajstić information content (AvgIpc) is 2.45. The van der Waals surface area contributed by atoms with Crippen LogP contribution in [0, 0.1) is 0 Å². The predicted molar refractivity (Wildman–Crippen MR) is 83.9 cm³/mol. The molecule has 1 aliphatic rings. The Labute approximate surface area is 131 Å². The molecule has 0 spiro atoms. The summed E-state index contributed by atoms with van der Waals surface area (Å²) < 4.78 is 10.5. The molecule has 0 unspecified atom stereocenters. The summed E-state index contributed by atoms with van der Waals surface area (Å²) in [7, 11) is 1.61. The highest BCUT2D eigenvalue weighted by Crippen LogP contribution is 2.33. The number of carbonyl (C=O) groups is 1. The molecule has 122 valence electrons. The molecule has 5 nitrogen and oxygen atoms in total. The standard InChI is InChI=1S/C17H25NO4/c1-16(2,3)22-15(19)18-11-5-10-17(20,12-18)13-6-8-14(21-4)9-7-13/h6-9,20H,5,10-12H2,1-4H3/t17-/m1/s1. The number of nitrogens with zero attached hydrogens (tertiary/aromatic N) is 1. The van der Waals surface area contributed by atoms with Gasteiger partial charge in [-0.2, -0.15) is 0 Å². The normalized spacial score (nSPS) is 22.3. The Kier molecular flexibility index (Phi) is 4.66. The molecule has 1 atom stereocenters. The van der Waals surface area contributed by atoms with Gasteiger partial charge in [-0.3, -0.25) is 0 Å². The Morgan fingerprint density at radius 1 is 1.27 bits per heavy atom. The van der Waals surface area contributed by atoms with E-state index in [4.69, 9.17) is 9.47 Å². The molecule has 2 rings (SSSR count). The molecule has 0 aromatic heterocycles. The molecular weight excluding hydrogens is 282 g/mol. The fraction of sp³-hybridized carbons (Fsp3) is 0.588. The van der Waals surface area contributed by atoms with Crippen LogP contribution in [0.3, 0.4) is 0 Å². The van der Waals surface area contributed by atoms with Crippen molar-refractivity contribution in [3.8, 4) is 5.75 Å². The molecule has 1 amide bonds. The Morgan fingerprint density at radius 2 is 1.91 bits per heavy atom. The summed E-state index contributed by atoms with van der Waals surface area (Å²) in [6.07, 6.45) is 0.986. The van der Waals surface area contributed by atoms with Crippen LogP contribution in [0.15, 0.2) is 24.3 Å². The fourth-order valence-electron chi connectivity index (χ4n) is 2.66. The number of hydrogen-bond acceptors (Lipinski definition) is 4. The molecular formula is C17H25NO4. The van der Waals surface area contributed by atoms with Crippen molar-refractivity contribution < 1.29 is 19.4 Å². The van der Waals surface area contributed by atoms with Crippen molar-refractivity contribution in [1.82, 2.24) is 4.90 Å². The summed E-state index contributed by atoms with van der Waals surface area (Å²) in [6, 6.07) is 7.33. The molecule has 22 heavy (non-hydrogen) atoms. The van der Waals surface area contributed by atoms with Crippen LogP contribution in [-0.4, -0.2) is 41.9 Å². The van der Waals surface area contributed by atoms with E-state index in [0.29, 0.717) is 13.0 Å². The number of ether oxygens (including phenoxy) is 2. The van der Waals surface area contributed by atoms with Crippen LogP contribution in [0.4, 0.5) is 4.79 Å². The third kappa shape index (κ3) is 3.91. The lowest BCUT2D eigenvalue weighted by Crippen LogP contribution is -2.49. The van der Waals surface area contributed by atoms with Crippen LogP contribution in [0.5, 0.6) is 5.75 Å². The molecule has 1 aromatic rings. The number of methoxy groups -OCH3 is 1. The second kappa shape index (κ2) is 6.16. The summed E-state index contributed by atoms with van der Waals surface area (Å²) in [6.45, 7) is 6.36. The molecule has 0 saturated carbocycles. The van der Waals surface area contributed by atoms with Crippen LogP contribution >= 0.6 is 0 Å². The zero-order valence-corrected chi connectivity index (χ0v) is 13.8. The molecule has 1 fully saturated rings. The van der Waals surface area contributed by atoms with Crippen LogP contribution in [0.25, 0.3) is 0 Å². The van der Waals surface area contributed by atoms with E-state index in [9.17, 15) is 9.90 Å². The van der Waals surface area contributed by atoms with Crippen molar-refractivity contribution in [2.24, 2.45) is 0 Å². The molecule has 1 aliphatic heterocycles. The quantitative estimate of drug-likeness (QED) is 0.912. The number of β-amino-alcohol motifs (C(OH)–C–C–N with tert-alkyl or cyclic N) is 1. The number of benzene rings is 1. The van der Waals surface area contributed by atoms with Crippen molar-refractivity contribution in [3.63, 3.8) is 0 Å². The largest absolute Gasteiger partial charge is 0.497 e. The fourth-order valence-corrected chi connectivity index (χ4v) is 2.66. The first-order valence-corrected chi connectivity index (χ1v) is 7.58. The third-order valence-corrected chi connectivity index (χ3v) is 3.75. The Hall–Kier alpha value is -1.75. The van der Waals surface area contributed by atoms with Crippen molar-refractivity contribution in [3.05, 3.63) is 29.8 Å². The van der Waals surface area contributed by atoms with E-state index in [0.717, 1.165) is 17.7 Å². The lowest BCUT2D eigenvalue weighted by atomic mass is 9.86. The van der Waals surface area contributed by atoms with Crippen molar-refractivity contribution in [2.45, 2.75) is 44.8 Å². The zero-order chi connectivity index (χ0) is 16.4. The van der Waals surface area contributed by atoms with Gasteiger partial charge in [0.15, 0.2) is 0 Å². The van der Waals surface area contributed by atoms with Gasteiger partial charge in [-0.05, 0) is 51.3 Å². The Morgan fingerprint density at radius 3 is 2.45 bits per heavy atom. The van der Waals surface area contributed by atoms with E-state index in [2.05, 4.69) is 0 Å². The van der Waals surface area contributed by atoms with E-state index in [1.165, 1.54) is 0 Å². The van der Waals surface area contributed by atoms with Gasteiger partial charge in [0.1, 0.15) is 17.0 Å². The number of aliphatic hydroxyl groups is 1. The minimum absolute atomic E-state index is 0.244.